The molecular formula is C25H24N2O3S. The number of H-pyrrole nitrogens is 1. The number of ether oxygens (including phenoxy) is 1. The number of fused-ring (bicyclic) bond motifs is 2. The third-order valence-electron chi connectivity index (χ3n) is 5.90. The van der Waals surface area contributed by atoms with E-state index in [4.69, 9.17) is 4.74 Å². The SMILES string of the molecule is Cc1ccc(S(=O)(=O)N2Cc3ccccc3OC[C@@H]2Cc2c[nH]c3ccccc23)cc1. The Bertz CT molecular complexity index is 1330. The maximum atomic E-state index is 13.7. The van der Waals surface area contributed by atoms with Gasteiger partial charge in [0.1, 0.15) is 12.4 Å². The fourth-order valence-electron chi connectivity index (χ4n) is 4.18. The second-order valence-electron chi connectivity index (χ2n) is 8.00. The summed E-state index contributed by atoms with van der Waals surface area (Å²) in [5.74, 6) is 0.744. The highest BCUT2D eigenvalue weighted by atomic mass is 32.2. The fraction of sp³-hybridized carbons (Fsp3) is 0.200. The number of aromatic nitrogens is 1. The van der Waals surface area contributed by atoms with E-state index in [1.54, 1.807) is 16.4 Å². The second kappa shape index (κ2) is 7.87. The monoisotopic (exact) mass is 432 g/mol. The molecule has 3 aromatic carbocycles. The molecule has 0 amide bonds. The summed E-state index contributed by atoms with van der Waals surface area (Å²) >= 11 is 0. The van der Waals surface area contributed by atoms with Gasteiger partial charge in [0.05, 0.1) is 10.9 Å². The van der Waals surface area contributed by atoms with E-state index >= 15 is 0 Å². The molecule has 0 radical (unpaired) electrons. The van der Waals surface area contributed by atoms with Crippen LogP contribution in [0.1, 0.15) is 16.7 Å². The van der Waals surface area contributed by atoms with Crippen LogP contribution in [0.3, 0.4) is 0 Å². The lowest BCUT2D eigenvalue weighted by Crippen LogP contribution is -2.43. The summed E-state index contributed by atoms with van der Waals surface area (Å²) < 4.78 is 35.1. The van der Waals surface area contributed by atoms with Crippen molar-refractivity contribution in [1.82, 2.24) is 9.29 Å². The number of aromatic amines is 1. The summed E-state index contributed by atoms with van der Waals surface area (Å²) in [7, 11) is -3.71. The first-order chi connectivity index (χ1) is 15.0. The molecule has 6 heteroatoms. The number of aryl methyl sites for hydroxylation is 1. The molecule has 158 valence electrons. The molecule has 5 rings (SSSR count). The Kier molecular flexibility index (Phi) is 5.04. The fourth-order valence-corrected chi connectivity index (χ4v) is 5.77. The summed E-state index contributed by atoms with van der Waals surface area (Å²) in [6.07, 6.45) is 2.53. The highest BCUT2D eigenvalue weighted by Gasteiger charge is 2.35. The zero-order valence-corrected chi connectivity index (χ0v) is 18.1. The smallest absolute Gasteiger partial charge is 0.243 e. The zero-order valence-electron chi connectivity index (χ0n) is 17.3. The van der Waals surface area contributed by atoms with Crippen LogP contribution in [0.5, 0.6) is 5.75 Å². The zero-order chi connectivity index (χ0) is 21.4. The molecule has 1 N–H and O–H groups in total. The predicted molar refractivity (Wildman–Crippen MR) is 122 cm³/mol. The van der Waals surface area contributed by atoms with Crippen molar-refractivity contribution in [1.29, 1.82) is 0 Å². The largest absolute Gasteiger partial charge is 0.492 e. The number of sulfonamides is 1. The molecule has 0 unspecified atom stereocenters. The highest BCUT2D eigenvalue weighted by molar-refractivity contribution is 7.89. The van der Waals surface area contributed by atoms with Crippen molar-refractivity contribution in [3.05, 3.63) is 95.7 Å². The number of hydrogen-bond acceptors (Lipinski definition) is 3. The normalized spacial score (nSPS) is 17.1. The van der Waals surface area contributed by atoms with Gasteiger partial charge in [-0.25, -0.2) is 8.42 Å². The first-order valence-corrected chi connectivity index (χ1v) is 11.8. The molecule has 4 aromatic rings. The lowest BCUT2D eigenvalue weighted by molar-refractivity contribution is 0.219. The Hall–Kier alpha value is -3.09. The Morgan fingerprint density at radius 1 is 1.00 bits per heavy atom. The average Bonchev–Trinajstić information content (AvgIpc) is 3.08. The van der Waals surface area contributed by atoms with E-state index in [1.165, 1.54) is 0 Å². The van der Waals surface area contributed by atoms with Gasteiger partial charge in [-0.15, -0.1) is 0 Å². The Labute approximate surface area is 182 Å². The minimum atomic E-state index is -3.71. The molecule has 0 saturated heterocycles. The van der Waals surface area contributed by atoms with Crippen LogP contribution >= 0.6 is 0 Å². The molecule has 0 spiro atoms. The summed E-state index contributed by atoms with van der Waals surface area (Å²) in [5.41, 5.74) is 4.03. The Morgan fingerprint density at radius 3 is 2.58 bits per heavy atom. The molecule has 0 aliphatic carbocycles. The Balaban J connectivity index is 1.57. The van der Waals surface area contributed by atoms with Crippen molar-refractivity contribution in [3.63, 3.8) is 0 Å². The van der Waals surface area contributed by atoms with Crippen LogP contribution in [0.4, 0.5) is 0 Å². The van der Waals surface area contributed by atoms with Gasteiger partial charge in [-0.3, -0.25) is 0 Å². The lowest BCUT2D eigenvalue weighted by atomic mass is 10.1. The van der Waals surface area contributed by atoms with Crippen LogP contribution < -0.4 is 4.74 Å². The molecule has 0 bridgehead atoms. The number of nitrogens with zero attached hydrogens (tertiary/aromatic N) is 1. The second-order valence-corrected chi connectivity index (χ2v) is 9.89. The van der Waals surface area contributed by atoms with Crippen molar-refractivity contribution in [3.8, 4) is 5.75 Å². The molecular weight excluding hydrogens is 408 g/mol. The summed E-state index contributed by atoms with van der Waals surface area (Å²) in [5, 5.41) is 1.11. The molecule has 1 aliphatic heterocycles. The standard InChI is InChI=1S/C25H24N2O3S/c1-18-10-12-22(13-11-18)31(28,29)27-16-19-6-2-5-9-25(19)30-17-21(27)14-20-15-26-24-8-4-3-7-23(20)24/h2-13,15,21,26H,14,16-17H2,1H3/t21-/m0/s1. The van der Waals surface area contributed by atoms with Crippen LogP contribution in [0.15, 0.2) is 83.9 Å². The topological polar surface area (TPSA) is 62.4 Å². The molecule has 1 aliphatic rings. The third kappa shape index (κ3) is 3.73. The maximum Gasteiger partial charge on any atom is 0.243 e. The van der Waals surface area contributed by atoms with Crippen molar-refractivity contribution >= 4 is 20.9 Å². The van der Waals surface area contributed by atoms with E-state index < -0.39 is 10.0 Å². The van der Waals surface area contributed by atoms with Crippen LogP contribution in [-0.2, 0) is 23.0 Å². The predicted octanol–water partition coefficient (Wildman–Crippen LogP) is 4.67. The number of hydrogen-bond donors (Lipinski definition) is 1. The minimum absolute atomic E-state index is 0.277. The van der Waals surface area contributed by atoms with Crippen LogP contribution in [0, 0.1) is 6.92 Å². The molecule has 2 heterocycles. The van der Waals surface area contributed by atoms with Crippen LogP contribution in [-0.4, -0.2) is 30.4 Å². The van der Waals surface area contributed by atoms with Gasteiger partial charge in [0.25, 0.3) is 0 Å². The van der Waals surface area contributed by atoms with Crippen molar-refractivity contribution < 1.29 is 13.2 Å². The van der Waals surface area contributed by atoms with Crippen LogP contribution in [0.25, 0.3) is 10.9 Å². The average molecular weight is 433 g/mol. The van der Waals surface area contributed by atoms with Gasteiger partial charge >= 0.3 is 0 Å². The van der Waals surface area contributed by atoms with Gasteiger partial charge in [-0.05, 0) is 43.2 Å². The van der Waals surface area contributed by atoms with Crippen molar-refractivity contribution in [2.24, 2.45) is 0 Å². The maximum absolute atomic E-state index is 13.7. The Morgan fingerprint density at radius 2 is 1.74 bits per heavy atom. The van der Waals surface area contributed by atoms with Gasteiger partial charge in [-0.1, -0.05) is 54.1 Å². The number of benzene rings is 3. The van der Waals surface area contributed by atoms with E-state index in [9.17, 15) is 8.42 Å². The van der Waals surface area contributed by atoms with Gasteiger partial charge in [0.15, 0.2) is 0 Å². The van der Waals surface area contributed by atoms with Gasteiger partial charge < -0.3 is 9.72 Å². The number of para-hydroxylation sites is 2. The number of nitrogens with one attached hydrogen (secondary N) is 1. The minimum Gasteiger partial charge on any atom is -0.492 e. The molecule has 31 heavy (non-hydrogen) atoms. The van der Waals surface area contributed by atoms with E-state index in [0.717, 1.165) is 33.3 Å². The van der Waals surface area contributed by atoms with Crippen LogP contribution in [0.2, 0.25) is 0 Å². The first-order valence-electron chi connectivity index (χ1n) is 10.4. The van der Waals surface area contributed by atoms with E-state index in [-0.39, 0.29) is 12.6 Å². The van der Waals surface area contributed by atoms with Gasteiger partial charge in [-0.2, -0.15) is 4.31 Å². The summed E-state index contributed by atoms with van der Waals surface area (Å²) in [4.78, 5) is 3.60. The molecule has 0 saturated carbocycles. The molecule has 5 nitrogen and oxygen atoms in total. The van der Waals surface area contributed by atoms with E-state index in [0.29, 0.717) is 17.9 Å². The van der Waals surface area contributed by atoms with E-state index in [1.807, 2.05) is 67.7 Å². The lowest BCUT2D eigenvalue weighted by Gasteiger charge is -2.28. The first kappa shape index (κ1) is 19.8. The van der Waals surface area contributed by atoms with E-state index in [2.05, 4.69) is 11.1 Å². The quantitative estimate of drug-likeness (QED) is 0.510. The van der Waals surface area contributed by atoms with Gasteiger partial charge in [0.2, 0.25) is 10.0 Å². The summed E-state index contributed by atoms with van der Waals surface area (Å²) in [6, 6.07) is 22.5. The summed E-state index contributed by atoms with van der Waals surface area (Å²) in [6.45, 7) is 2.52. The third-order valence-corrected chi connectivity index (χ3v) is 7.81. The van der Waals surface area contributed by atoms with Crippen molar-refractivity contribution in [2.75, 3.05) is 6.61 Å². The number of rotatable bonds is 4. The molecule has 1 atom stereocenters. The molecule has 1 aromatic heterocycles. The highest BCUT2D eigenvalue weighted by Crippen LogP contribution is 2.31. The van der Waals surface area contributed by atoms with Gasteiger partial charge in [0, 0.05) is 29.2 Å². The molecule has 0 fully saturated rings. The van der Waals surface area contributed by atoms with Crippen molar-refractivity contribution in [2.45, 2.75) is 30.8 Å².